The number of carbonyl (C=O) groups is 1. The van der Waals surface area contributed by atoms with Gasteiger partial charge in [0.1, 0.15) is 17.9 Å². The van der Waals surface area contributed by atoms with Crippen LogP contribution >= 0.6 is 0 Å². The highest BCUT2D eigenvalue weighted by Gasteiger charge is 2.21. The lowest BCUT2D eigenvalue weighted by atomic mass is 10.2. The van der Waals surface area contributed by atoms with Gasteiger partial charge in [0, 0.05) is 32.5 Å². The maximum atomic E-state index is 11.2. The van der Waals surface area contributed by atoms with Crippen molar-refractivity contribution in [1.82, 2.24) is 0 Å². The number of aromatic carboxylic acids is 1. The first-order valence-electron chi connectivity index (χ1n) is 6.59. The Bertz CT molecular complexity index is 486. The Morgan fingerprint density at radius 2 is 1.95 bits per heavy atom. The molecule has 1 aromatic rings. The lowest BCUT2D eigenvalue weighted by molar-refractivity contribution is 0.0676. The SMILES string of the molecule is COCCCOCCOc1cc2c(cc1C(=O)O)OCO2. The van der Waals surface area contributed by atoms with Crippen molar-refractivity contribution in [2.75, 3.05) is 40.3 Å². The van der Waals surface area contributed by atoms with Crippen LogP contribution in [0.15, 0.2) is 12.1 Å². The predicted octanol–water partition coefficient (Wildman–Crippen LogP) is 1.55. The maximum Gasteiger partial charge on any atom is 0.339 e. The lowest BCUT2D eigenvalue weighted by Gasteiger charge is -2.10. The number of hydrogen-bond acceptors (Lipinski definition) is 6. The Balaban J connectivity index is 1.86. The van der Waals surface area contributed by atoms with Gasteiger partial charge in [0.25, 0.3) is 0 Å². The van der Waals surface area contributed by atoms with Gasteiger partial charge in [-0.25, -0.2) is 4.79 Å². The van der Waals surface area contributed by atoms with Gasteiger partial charge in [0.2, 0.25) is 6.79 Å². The Morgan fingerprint density at radius 3 is 2.67 bits per heavy atom. The van der Waals surface area contributed by atoms with Crippen molar-refractivity contribution < 1.29 is 33.6 Å². The minimum Gasteiger partial charge on any atom is -0.490 e. The molecule has 0 spiro atoms. The van der Waals surface area contributed by atoms with Gasteiger partial charge in [0.15, 0.2) is 11.5 Å². The molecule has 0 aliphatic carbocycles. The van der Waals surface area contributed by atoms with E-state index in [-0.39, 0.29) is 24.7 Å². The summed E-state index contributed by atoms with van der Waals surface area (Å²) in [7, 11) is 1.64. The molecule has 0 amide bonds. The predicted molar refractivity (Wildman–Crippen MR) is 72.3 cm³/mol. The number of ether oxygens (including phenoxy) is 5. The van der Waals surface area contributed by atoms with E-state index in [1.165, 1.54) is 12.1 Å². The Kier molecular flexibility index (Phi) is 5.65. The maximum absolute atomic E-state index is 11.2. The largest absolute Gasteiger partial charge is 0.490 e. The molecule has 0 unspecified atom stereocenters. The van der Waals surface area contributed by atoms with E-state index < -0.39 is 5.97 Å². The molecule has 1 aromatic carbocycles. The zero-order chi connectivity index (χ0) is 15.1. The molecule has 1 aliphatic heterocycles. The summed E-state index contributed by atoms with van der Waals surface area (Å²) in [6, 6.07) is 2.93. The Hall–Kier alpha value is -1.99. The monoisotopic (exact) mass is 298 g/mol. The molecule has 21 heavy (non-hydrogen) atoms. The first kappa shape index (κ1) is 15.4. The molecular weight excluding hydrogens is 280 g/mol. The molecule has 1 N–H and O–H groups in total. The summed E-state index contributed by atoms with van der Waals surface area (Å²) in [6.45, 7) is 1.93. The quantitative estimate of drug-likeness (QED) is 0.692. The third kappa shape index (κ3) is 4.24. The van der Waals surface area contributed by atoms with E-state index in [9.17, 15) is 9.90 Å². The summed E-state index contributed by atoms with van der Waals surface area (Å²) in [4.78, 5) is 11.2. The van der Waals surface area contributed by atoms with Gasteiger partial charge in [-0.1, -0.05) is 0 Å². The molecule has 0 aromatic heterocycles. The fourth-order valence-corrected chi connectivity index (χ4v) is 1.83. The van der Waals surface area contributed by atoms with Crippen LogP contribution in [0.25, 0.3) is 0 Å². The summed E-state index contributed by atoms with van der Waals surface area (Å²) < 4.78 is 26.1. The Labute approximate surface area is 122 Å². The summed E-state index contributed by atoms with van der Waals surface area (Å²) in [5.74, 6) is 0.0585. The molecule has 7 heteroatoms. The van der Waals surface area contributed by atoms with Crippen molar-refractivity contribution in [1.29, 1.82) is 0 Å². The molecule has 1 heterocycles. The molecule has 1 aliphatic rings. The van der Waals surface area contributed by atoms with Gasteiger partial charge in [-0.15, -0.1) is 0 Å². The van der Waals surface area contributed by atoms with Crippen molar-refractivity contribution in [2.24, 2.45) is 0 Å². The second kappa shape index (κ2) is 7.70. The molecule has 0 fully saturated rings. The lowest BCUT2D eigenvalue weighted by Crippen LogP contribution is -2.10. The molecule has 7 nitrogen and oxygen atoms in total. The fraction of sp³-hybridized carbons (Fsp3) is 0.500. The Morgan fingerprint density at radius 1 is 1.19 bits per heavy atom. The van der Waals surface area contributed by atoms with E-state index >= 15 is 0 Å². The third-order valence-corrected chi connectivity index (χ3v) is 2.83. The zero-order valence-electron chi connectivity index (χ0n) is 11.8. The second-order valence-electron chi connectivity index (χ2n) is 4.31. The second-order valence-corrected chi connectivity index (χ2v) is 4.31. The van der Waals surface area contributed by atoms with E-state index in [0.717, 1.165) is 6.42 Å². The van der Waals surface area contributed by atoms with Gasteiger partial charge in [0.05, 0.1) is 6.61 Å². The van der Waals surface area contributed by atoms with Gasteiger partial charge in [-0.05, 0) is 6.42 Å². The highest BCUT2D eigenvalue weighted by atomic mass is 16.7. The average molecular weight is 298 g/mol. The first-order chi connectivity index (χ1) is 10.2. The van der Waals surface area contributed by atoms with Crippen LogP contribution in [-0.2, 0) is 9.47 Å². The molecule has 0 bridgehead atoms. The number of hydrogen-bond donors (Lipinski definition) is 1. The van der Waals surface area contributed by atoms with Crippen LogP contribution < -0.4 is 14.2 Å². The van der Waals surface area contributed by atoms with Gasteiger partial charge < -0.3 is 28.8 Å². The average Bonchev–Trinajstić information content (AvgIpc) is 2.92. The molecule has 2 rings (SSSR count). The third-order valence-electron chi connectivity index (χ3n) is 2.83. The summed E-state index contributed by atoms with van der Waals surface area (Å²) >= 11 is 0. The van der Waals surface area contributed by atoms with E-state index in [1.807, 2.05) is 0 Å². The van der Waals surface area contributed by atoms with Crippen molar-refractivity contribution in [3.8, 4) is 17.2 Å². The van der Waals surface area contributed by atoms with Crippen LogP contribution in [0.3, 0.4) is 0 Å². The van der Waals surface area contributed by atoms with Gasteiger partial charge in [-0.2, -0.15) is 0 Å². The van der Waals surface area contributed by atoms with Crippen molar-refractivity contribution in [3.05, 3.63) is 17.7 Å². The van der Waals surface area contributed by atoms with Crippen molar-refractivity contribution >= 4 is 5.97 Å². The van der Waals surface area contributed by atoms with E-state index in [2.05, 4.69) is 0 Å². The van der Waals surface area contributed by atoms with Crippen LogP contribution in [0.2, 0.25) is 0 Å². The van der Waals surface area contributed by atoms with Gasteiger partial charge >= 0.3 is 5.97 Å². The van der Waals surface area contributed by atoms with Gasteiger partial charge in [-0.3, -0.25) is 0 Å². The molecule has 0 saturated heterocycles. The standard InChI is InChI=1S/C14H18O7/c1-17-3-2-4-18-5-6-19-11-8-13-12(20-9-21-13)7-10(11)14(15)16/h7-8H,2-6,9H2,1H3,(H,15,16). The fourth-order valence-electron chi connectivity index (χ4n) is 1.83. The smallest absolute Gasteiger partial charge is 0.339 e. The first-order valence-corrected chi connectivity index (χ1v) is 6.59. The number of benzene rings is 1. The summed E-state index contributed by atoms with van der Waals surface area (Å²) in [5.41, 5.74) is 0.0404. The van der Waals surface area contributed by atoms with Crippen LogP contribution in [0.5, 0.6) is 17.2 Å². The molecular formula is C14H18O7. The molecule has 0 saturated carbocycles. The van der Waals surface area contributed by atoms with Crippen LogP contribution in [0.4, 0.5) is 0 Å². The molecule has 0 radical (unpaired) electrons. The summed E-state index contributed by atoms with van der Waals surface area (Å²) in [6.07, 6.45) is 0.806. The van der Waals surface area contributed by atoms with Crippen molar-refractivity contribution in [3.63, 3.8) is 0 Å². The number of rotatable bonds is 9. The summed E-state index contributed by atoms with van der Waals surface area (Å²) in [5, 5.41) is 9.18. The number of carboxylic acid groups (broad SMARTS) is 1. The molecule has 116 valence electrons. The minimum atomic E-state index is -1.08. The van der Waals surface area contributed by atoms with Crippen molar-refractivity contribution in [2.45, 2.75) is 6.42 Å². The van der Waals surface area contributed by atoms with E-state index in [4.69, 9.17) is 23.7 Å². The zero-order valence-corrected chi connectivity index (χ0v) is 11.8. The van der Waals surface area contributed by atoms with E-state index in [1.54, 1.807) is 7.11 Å². The topological polar surface area (TPSA) is 83.5 Å². The number of methoxy groups -OCH3 is 1. The van der Waals surface area contributed by atoms with Crippen LogP contribution in [-0.4, -0.2) is 51.4 Å². The highest BCUT2D eigenvalue weighted by Crippen LogP contribution is 2.38. The minimum absolute atomic E-state index is 0.0404. The number of carboxylic acids is 1. The van der Waals surface area contributed by atoms with Crippen LogP contribution in [0.1, 0.15) is 16.8 Å². The molecule has 0 atom stereocenters. The van der Waals surface area contributed by atoms with E-state index in [0.29, 0.717) is 31.3 Å². The normalized spacial score (nSPS) is 12.4. The van der Waals surface area contributed by atoms with Crippen LogP contribution in [0, 0.1) is 0 Å². The highest BCUT2D eigenvalue weighted by molar-refractivity contribution is 5.92. The number of fused-ring (bicyclic) bond motifs is 1.